The van der Waals surface area contributed by atoms with Gasteiger partial charge in [-0.2, -0.15) is 0 Å². The highest BCUT2D eigenvalue weighted by atomic mass is 35.5. The Labute approximate surface area is 128 Å². The molecule has 21 heavy (non-hydrogen) atoms. The van der Waals surface area contributed by atoms with Crippen molar-refractivity contribution in [2.45, 2.75) is 26.1 Å². The first kappa shape index (κ1) is 14.2. The number of benzene rings is 1. The molecule has 1 aromatic carbocycles. The average molecular weight is 308 g/mol. The molecule has 5 nitrogen and oxygen atoms in total. The third-order valence-electron chi connectivity index (χ3n) is 3.36. The van der Waals surface area contributed by atoms with Gasteiger partial charge in [-0.15, -0.1) is 0 Å². The van der Waals surface area contributed by atoms with Gasteiger partial charge in [-0.3, -0.25) is 0 Å². The van der Waals surface area contributed by atoms with Crippen molar-refractivity contribution in [3.05, 3.63) is 41.4 Å². The van der Waals surface area contributed by atoms with Gasteiger partial charge in [0.15, 0.2) is 11.5 Å². The maximum Gasteiger partial charge on any atom is 0.179 e. The first-order valence-electron chi connectivity index (χ1n) is 6.99. The van der Waals surface area contributed by atoms with Crippen LogP contribution in [0.2, 0.25) is 5.02 Å². The molecule has 1 unspecified atom stereocenters. The summed E-state index contributed by atoms with van der Waals surface area (Å²) in [4.78, 5) is 4.04. The fourth-order valence-corrected chi connectivity index (χ4v) is 2.62. The van der Waals surface area contributed by atoms with E-state index in [2.05, 4.69) is 21.8 Å². The molecule has 0 radical (unpaired) electrons. The molecule has 0 saturated carbocycles. The molecule has 1 aromatic heterocycles. The zero-order valence-electron chi connectivity index (χ0n) is 11.9. The largest absolute Gasteiger partial charge is 0.486 e. The summed E-state index contributed by atoms with van der Waals surface area (Å²) in [6, 6.07) is 4.23. The van der Waals surface area contributed by atoms with Crippen LogP contribution in [0.5, 0.6) is 11.5 Å². The summed E-state index contributed by atoms with van der Waals surface area (Å²) in [5.74, 6) is 1.38. The second-order valence-electron chi connectivity index (χ2n) is 5.14. The zero-order chi connectivity index (χ0) is 14.7. The Morgan fingerprint density at radius 1 is 1.38 bits per heavy atom. The van der Waals surface area contributed by atoms with Crippen LogP contribution in [0, 0.1) is 0 Å². The van der Waals surface area contributed by atoms with E-state index in [1.165, 1.54) is 0 Å². The summed E-state index contributed by atoms with van der Waals surface area (Å²) in [5.41, 5.74) is 1.08. The molecule has 6 heteroatoms. The summed E-state index contributed by atoms with van der Waals surface area (Å²) in [6.07, 6.45) is 5.56. The van der Waals surface area contributed by atoms with Gasteiger partial charge < -0.3 is 19.4 Å². The maximum atomic E-state index is 6.23. The van der Waals surface area contributed by atoms with Crippen molar-refractivity contribution < 1.29 is 9.47 Å². The third-order valence-corrected chi connectivity index (χ3v) is 3.64. The lowest BCUT2D eigenvalue weighted by molar-refractivity contribution is 0.171. The molecule has 0 spiro atoms. The minimum absolute atomic E-state index is 0.325. The van der Waals surface area contributed by atoms with Crippen LogP contribution < -0.4 is 14.8 Å². The molecule has 112 valence electrons. The Balaban J connectivity index is 1.61. The predicted octanol–water partition coefficient (Wildman–Crippen LogP) is 2.49. The zero-order valence-corrected chi connectivity index (χ0v) is 12.6. The van der Waals surface area contributed by atoms with Crippen LogP contribution in [0.25, 0.3) is 0 Å². The quantitative estimate of drug-likeness (QED) is 0.922. The number of ether oxygens (including phenoxy) is 2. The van der Waals surface area contributed by atoms with E-state index in [4.69, 9.17) is 21.1 Å². The van der Waals surface area contributed by atoms with Crippen LogP contribution in [-0.4, -0.2) is 28.8 Å². The van der Waals surface area contributed by atoms with Crippen LogP contribution in [0.3, 0.4) is 0 Å². The van der Waals surface area contributed by atoms with Crippen molar-refractivity contribution in [1.82, 2.24) is 14.9 Å². The van der Waals surface area contributed by atoms with E-state index in [1.807, 2.05) is 24.7 Å². The van der Waals surface area contributed by atoms with Crippen molar-refractivity contribution in [2.24, 2.45) is 0 Å². The van der Waals surface area contributed by atoms with Crippen LogP contribution in [0.1, 0.15) is 12.5 Å². The number of hydrogen-bond acceptors (Lipinski definition) is 4. The topological polar surface area (TPSA) is 48.3 Å². The molecule has 1 aliphatic rings. The Bertz CT molecular complexity index is 601. The normalized spacial score (nSPS) is 15.0. The minimum Gasteiger partial charge on any atom is -0.486 e. The molecule has 2 aromatic rings. The Hall–Kier alpha value is -1.72. The van der Waals surface area contributed by atoms with Gasteiger partial charge in [0.1, 0.15) is 13.2 Å². The predicted molar refractivity (Wildman–Crippen MR) is 81.0 cm³/mol. The van der Waals surface area contributed by atoms with Gasteiger partial charge in [0.25, 0.3) is 0 Å². The average Bonchev–Trinajstić information content (AvgIpc) is 2.98. The highest BCUT2D eigenvalue weighted by molar-refractivity contribution is 6.32. The molecule has 0 saturated heterocycles. The Morgan fingerprint density at radius 2 is 2.24 bits per heavy atom. The molecule has 1 aliphatic heterocycles. The monoisotopic (exact) mass is 307 g/mol. The summed E-state index contributed by atoms with van der Waals surface area (Å²) >= 11 is 6.23. The Kier molecular flexibility index (Phi) is 4.31. The van der Waals surface area contributed by atoms with Gasteiger partial charge in [-0.25, -0.2) is 4.98 Å². The molecular formula is C15H18ClN3O2. The standard InChI is InChI=1S/C15H18ClN3O2/c1-11(9-19-3-2-17-10-19)18-8-12-6-13(16)15-14(7-12)20-4-5-21-15/h2-3,6-7,10-11,18H,4-5,8-9H2,1H3. The highest BCUT2D eigenvalue weighted by Crippen LogP contribution is 2.38. The van der Waals surface area contributed by atoms with Crippen LogP contribution in [-0.2, 0) is 13.1 Å². The lowest BCUT2D eigenvalue weighted by atomic mass is 10.1. The number of imidazole rings is 1. The summed E-state index contributed by atoms with van der Waals surface area (Å²) in [5, 5.41) is 4.07. The van der Waals surface area contributed by atoms with Crippen molar-refractivity contribution >= 4 is 11.6 Å². The first-order chi connectivity index (χ1) is 10.2. The first-order valence-corrected chi connectivity index (χ1v) is 7.37. The number of rotatable bonds is 5. The molecule has 2 heterocycles. The van der Waals surface area contributed by atoms with E-state index in [-0.39, 0.29) is 0 Å². The summed E-state index contributed by atoms with van der Waals surface area (Å²) < 4.78 is 13.2. The number of aromatic nitrogens is 2. The lowest BCUT2D eigenvalue weighted by Gasteiger charge is -2.21. The van der Waals surface area contributed by atoms with Crippen LogP contribution in [0.15, 0.2) is 30.9 Å². The number of nitrogens with zero attached hydrogens (tertiary/aromatic N) is 2. The van der Waals surface area contributed by atoms with E-state index in [9.17, 15) is 0 Å². The van der Waals surface area contributed by atoms with Gasteiger partial charge in [0.2, 0.25) is 0 Å². The van der Waals surface area contributed by atoms with Gasteiger partial charge in [-0.05, 0) is 24.6 Å². The van der Waals surface area contributed by atoms with E-state index in [1.54, 1.807) is 6.20 Å². The molecular weight excluding hydrogens is 290 g/mol. The number of halogens is 1. The van der Waals surface area contributed by atoms with Crippen molar-refractivity contribution in [1.29, 1.82) is 0 Å². The molecule has 3 rings (SSSR count). The van der Waals surface area contributed by atoms with Crippen molar-refractivity contribution in [3.8, 4) is 11.5 Å². The smallest absolute Gasteiger partial charge is 0.179 e. The molecule has 1 atom stereocenters. The molecule has 0 aliphatic carbocycles. The van der Waals surface area contributed by atoms with Crippen molar-refractivity contribution in [2.75, 3.05) is 13.2 Å². The molecule has 0 amide bonds. The second-order valence-corrected chi connectivity index (χ2v) is 5.55. The fourth-order valence-electron chi connectivity index (χ4n) is 2.33. The third kappa shape index (κ3) is 3.49. The van der Waals surface area contributed by atoms with Crippen LogP contribution in [0.4, 0.5) is 0 Å². The summed E-state index contributed by atoms with van der Waals surface area (Å²) in [7, 11) is 0. The molecule has 0 bridgehead atoms. The summed E-state index contributed by atoms with van der Waals surface area (Å²) in [6.45, 7) is 4.85. The fraction of sp³-hybridized carbons (Fsp3) is 0.400. The van der Waals surface area contributed by atoms with Crippen molar-refractivity contribution in [3.63, 3.8) is 0 Å². The molecule has 1 N–H and O–H groups in total. The molecule has 0 fully saturated rings. The van der Waals surface area contributed by atoms with E-state index < -0.39 is 0 Å². The number of fused-ring (bicyclic) bond motifs is 1. The number of hydrogen-bond donors (Lipinski definition) is 1. The van der Waals surface area contributed by atoms with Gasteiger partial charge in [-0.1, -0.05) is 11.6 Å². The minimum atomic E-state index is 0.325. The van der Waals surface area contributed by atoms with E-state index in [0.717, 1.165) is 24.4 Å². The van der Waals surface area contributed by atoms with Gasteiger partial charge in [0.05, 0.1) is 11.3 Å². The SMILES string of the molecule is CC(Cn1ccnc1)NCc1cc(Cl)c2c(c1)OCCO2. The lowest BCUT2D eigenvalue weighted by Crippen LogP contribution is -2.29. The van der Waals surface area contributed by atoms with Gasteiger partial charge >= 0.3 is 0 Å². The Morgan fingerprint density at radius 3 is 3.05 bits per heavy atom. The highest BCUT2D eigenvalue weighted by Gasteiger charge is 2.16. The number of nitrogens with one attached hydrogen (secondary N) is 1. The van der Waals surface area contributed by atoms with Crippen LogP contribution >= 0.6 is 11.6 Å². The second kappa shape index (κ2) is 6.37. The van der Waals surface area contributed by atoms with Gasteiger partial charge in [0, 0.05) is 31.5 Å². The maximum absolute atomic E-state index is 6.23. The van der Waals surface area contributed by atoms with E-state index >= 15 is 0 Å². The van der Waals surface area contributed by atoms with E-state index in [0.29, 0.717) is 30.0 Å².